The highest BCUT2D eigenvalue weighted by Gasteiger charge is 2.39. The van der Waals surface area contributed by atoms with Crippen LogP contribution in [0, 0.1) is 17.8 Å². The molecular weight excluding hydrogens is 332 g/mol. The molecule has 1 aliphatic rings. The van der Waals surface area contributed by atoms with E-state index in [1.54, 1.807) is 6.08 Å². The molecule has 0 spiro atoms. The Morgan fingerprint density at radius 1 is 1.23 bits per heavy atom. The minimum absolute atomic E-state index is 0.103. The number of carboxylic acid groups (broad SMARTS) is 1. The lowest BCUT2D eigenvalue weighted by Gasteiger charge is -2.19. The van der Waals surface area contributed by atoms with E-state index in [-0.39, 0.29) is 36.4 Å². The molecule has 0 aromatic heterocycles. The van der Waals surface area contributed by atoms with Crippen molar-refractivity contribution in [3.63, 3.8) is 0 Å². The molecule has 5 unspecified atom stereocenters. The van der Waals surface area contributed by atoms with Gasteiger partial charge in [0.15, 0.2) is 0 Å². The lowest BCUT2D eigenvalue weighted by atomic mass is 9.87. The average molecular weight is 369 g/mol. The van der Waals surface area contributed by atoms with Crippen LogP contribution in [0.2, 0.25) is 0 Å². The summed E-state index contributed by atoms with van der Waals surface area (Å²) >= 11 is 0. The number of unbranched alkanes of at least 4 members (excludes halogenated alkanes) is 4. The third kappa shape index (κ3) is 8.00. The van der Waals surface area contributed by atoms with Crippen molar-refractivity contribution in [2.24, 2.45) is 17.8 Å². The molecule has 3 N–H and O–H groups in total. The fourth-order valence-electron chi connectivity index (χ4n) is 3.71. The zero-order valence-corrected chi connectivity index (χ0v) is 16.3. The van der Waals surface area contributed by atoms with Crippen LogP contribution in [0.15, 0.2) is 12.2 Å². The summed E-state index contributed by atoms with van der Waals surface area (Å²) in [6.45, 7) is 4.15. The van der Waals surface area contributed by atoms with Gasteiger partial charge in [-0.1, -0.05) is 58.1 Å². The molecule has 1 saturated carbocycles. The van der Waals surface area contributed by atoms with Gasteiger partial charge in [-0.3, -0.25) is 9.59 Å². The van der Waals surface area contributed by atoms with Crippen molar-refractivity contribution < 1.29 is 24.9 Å². The Bertz CT molecular complexity index is 459. The summed E-state index contributed by atoms with van der Waals surface area (Å²) in [4.78, 5) is 22.7. The van der Waals surface area contributed by atoms with E-state index in [0.29, 0.717) is 6.42 Å². The fourth-order valence-corrected chi connectivity index (χ4v) is 3.71. The third-order valence-corrected chi connectivity index (χ3v) is 5.52. The summed E-state index contributed by atoms with van der Waals surface area (Å²) in [5.41, 5.74) is 0. The molecule has 1 fully saturated rings. The van der Waals surface area contributed by atoms with Crippen molar-refractivity contribution in [3.05, 3.63) is 12.2 Å². The molecule has 150 valence electrons. The van der Waals surface area contributed by atoms with Crippen molar-refractivity contribution in [1.82, 2.24) is 0 Å². The first-order valence-electron chi connectivity index (χ1n) is 10.2. The van der Waals surface area contributed by atoms with Gasteiger partial charge in [0.25, 0.3) is 0 Å². The summed E-state index contributed by atoms with van der Waals surface area (Å²) < 4.78 is 0. The van der Waals surface area contributed by atoms with Gasteiger partial charge in [0.2, 0.25) is 0 Å². The molecule has 26 heavy (non-hydrogen) atoms. The SMILES string of the molecule is CCCCC(C)C(O)C=CC1C(O)CC(=O)C1CCCCCCC(=O)O. The maximum atomic E-state index is 12.2. The molecule has 0 aromatic carbocycles. The molecule has 5 heteroatoms. The van der Waals surface area contributed by atoms with Gasteiger partial charge in [0, 0.05) is 24.7 Å². The summed E-state index contributed by atoms with van der Waals surface area (Å²) in [6.07, 6.45) is 9.95. The number of aliphatic hydroxyl groups excluding tert-OH is 2. The van der Waals surface area contributed by atoms with Gasteiger partial charge in [0.05, 0.1) is 12.2 Å². The normalized spacial score (nSPS) is 25.7. The molecule has 0 amide bonds. The first-order chi connectivity index (χ1) is 12.4. The Kier molecular flexibility index (Phi) is 10.7. The van der Waals surface area contributed by atoms with Crippen molar-refractivity contribution >= 4 is 11.8 Å². The monoisotopic (exact) mass is 368 g/mol. The molecule has 1 aliphatic carbocycles. The zero-order valence-electron chi connectivity index (χ0n) is 16.3. The molecule has 5 atom stereocenters. The standard InChI is InChI=1S/C21H36O5/c1-3-4-9-15(2)18(22)13-12-17-16(19(23)14-20(17)24)10-7-5-6-8-11-21(25)26/h12-13,15-18,20,22,24H,3-11,14H2,1-2H3,(H,25,26). The number of aliphatic carboxylic acids is 1. The highest BCUT2D eigenvalue weighted by atomic mass is 16.4. The van der Waals surface area contributed by atoms with Gasteiger partial charge < -0.3 is 15.3 Å². The van der Waals surface area contributed by atoms with Gasteiger partial charge >= 0.3 is 5.97 Å². The Balaban J connectivity index is 2.46. The van der Waals surface area contributed by atoms with Crippen LogP contribution in [0.3, 0.4) is 0 Å². The van der Waals surface area contributed by atoms with Crippen LogP contribution < -0.4 is 0 Å². The van der Waals surface area contributed by atoms with Gasteiger partial charge in [0.1, 0.15) is 5.78 Å². The van der Waals surface area contributed by atoms with Gasteiger partial charge in [-0.05, 0) is 25.2 Å². The van der Waals surface area contributed by atoms with Gasteiger partial charge in [-0.15, -0.1) is 0 Å². The number of carboxylic acids is 1. The van der Waals surface area contributed by atoms with Crippen LogP contribution in [0.25, 0.3) is 0 Å². The quantitative estimate of drug-likeness (QED) is 0.340. The molecule has 0 heterocycles. The van der Waals surface area contributed by atoms with E-state index in [1.165, 1.54) is 0 Å². The zero-order chi connectivity index (χ0) is 19.5. The Hall–Kier alpha value is -1.20. The molecule has 0 aromatic rings. The maximum Gasteiger partial charge on any atom is 0.303 e. The number of hydrogen-bond donors (Lipinski definition) is 3. The molecule has 0 saturated heterocycles. The van der Waals surface area contributed by atoms with Crippen molar-refractivity contribution in [2.75, 3.05) is 0 Å². The Labute approximate surface area is 157 Å². The van der Waals surface area contributed by atoms with Gasteiger partial charge in [-0.25, -0.2) is 0 Å². The van der Waals surface area contributed by atoms with E-state index in [0.717, 1.165) is 44.9 Å². The average Bonchev–Trinajstić information content (AvgIpc) is 2.86. The number of rotatable bonds is 13. The molecule has 1 rings (SSSR count). The largest absolute Gasteiger partial charge is 0.481 e. The number of Topliss-reactive ketones (excluding diaryl/α,β-unsaturated/α-hetero) is 1. The third-order valence-electron chi connectivity index (χ3n) is 5.52. The highest BCUT2D eigenvalue weighted by molar-refractivity contribution is 5.84. The summed E-state index contributed by atoms with van der Waals surface area (Å²) in [6, 6.07) is 0. The topological polar surface area (TPSA) is 94.8 Å². The molecule has 0 radical (unpaired) electrons. The molecule has 0 bridgehead atoms. The van der Waals surface area contributed by atoms with E-state index < -0.39 is 18.2 Å². The van der Waals surface area contributed by atoms with Crippen LogP contribution in [0.5, 0.6) is 0 Å². The highest BCUT2D eigenvalue weighted by Crippen LogP contribution is 2.34. The van der Waals surface area contributed by atoms with Crippen LogP contribution >= 0.6 is 0 Å². The van der Waals surface area contributed by atoms with Crippen molar-refractivity contribution in [3.8, 4) is 0 Å². The lowest BCUT2D eigenvalue weighted by Crippen LogP contribution is -2.20. The van der Waals surface area contributed by atoms with Crippen molar-refractivity contribution in [2.45, 2.75) is 90.3 Å². The molecular formula is C21H36O5. The molecule has 0 aliphatic heterocycles. The second-order valence-electron chi connectivity index (χ2n) is 7.76. The number of aliphatic hydroxyl groups is 2. The summed E-state index contributed by atoms with van der Waals surface area (Å²) in [5, 5.41) is 29.1. The minimum Gasteiger partial charge on any atom is -0.481 e. The number of carbonyl (C=O) groups excluding carboxylic acids is 1. The number of hydrogen-bond acceptors (Lipinski definition) is 4. The molecule has 5 nitrogen and oxygen atoms in total. The number of carbonyl (C=O) groups is 2. The second-order valence-corrected chi connectivity index (χ2v) is 7.76. The smallest absolute Gasteiger partial charge is 0.303 e. The van der Waals surface area contributed by atoms with Crippen LogP contribution in [-0.2, 0) is 9.59 Å². The van der Waals surface area contributed by atoms with Crippen molar-refractivity contribution in [1.29, 1.82) is 0 Å². The first-order valence-corrected chi connectivity index (χ1v) is 10.2. The second kappa shape index (κ2) is 12.2. The number of ketones is 1. The first kappa shape index (κ1) is 22.8. The van der Waals surface area contributed by atoms with Crippen LogP contribution in [0.4, 0.5) is 0 Å². The van der Waals surface area contributed by atoms with E-state index in [2.05, 4.69) is 6.92 Å². The predicted molar refractivity (Wildman–Crippen MR) is 102 cm³/mol. The van der Waals surface area contributed by atoms with E-state index in [4.69, 9.17) is 5.11 Å². The van der Waals surface area contributed by atoms with E-state index in [1.807, 2.05) is 13.0 Å². The van der Waals surface area contributed by atoms with Gasteiger partial charge in [-0.2, -0.15) is 0 Å². The maximum absolute atomic E-state index is 12.2. The summed E-state index contributed by atoms with van der Waals surface area (Å²) in [7, 11) is 0. The Morgan fingerprint density at radius 2 is 1.92 bits per heavy atom. The van der Waals surface area contributed by atoms with E-state index >= 15 is 0 Å². The predicted octanol–water partition coefficient (Wildman–Crippen LogP) is 3.72. The fraction of sp³-hybridized carbons (Fsp3) is 0.810. The van der Waals surface area contributed by atoms with Crippen LogP contribution in [-0.4, -0.2) is 39.3 Å². The summed E-state index contributed by atoms with van der Waals surface area (Å²) in [5.74, 6) is -0.885. The minimum atomic E-state index is -0.768. The van der Waals surface area contributed by atoms with E-state index in [9.17, 15) is 19.8 Å². The Morgan fingerprint density at radius 3 is 2.58 bits per heavy atom. The lowest BCUT2D eigenvalue weighted by molar-refractivity contribution is -0.137. The van der Waals surface area contributed by atoms with Crippen LogP contribution in [0.1, 0.15) is 78.1 Å².